The van der Waals surface area contributed by atoms with Crippen molar-refractivity contribution in [2.24, 2.45) is 5.92 Å². The van der Waals surface area contributed by atoms with E-state index in [0.717, 1.165) is 0 Å². The van der Waals surface area contributed by atoms with Crippen LogP contribution < -0.4 is 5.32 Å². The third-order valence-electron chi connectivity index (χ3n) is 3.24. The Morgan fingerprint density at radius 2 is 1.95 bits per heavy atom. The molecule has 7 heteroatoms. The van der Waals surface area contributed by atoms with Crippen LogP contribution in [-0.2, 0) is 19.1 Å². The Morgan fingerprint density at radius 3 is 2.67 bits per heavy atom. The number of rotatable bonds is 2. The van der Waals surface area contributed by atoms with E-state index < -0.39 is 29.9 Å². The third-order valence-corrected chi connectivity index (χ3v) is 3.49. The van der Waals surface area contributed by atoms with E-state index in [1.807, 2.05) is 0 Å². The number of ether oxygens (including phenoxy) is 2. The molecule has 2 heterocycles. The van der Waals surface area contributed by atoms with Crippen LogP contribution in [0.3, 0.4) is 0 Å². The van der Waals surface area contributed by atoms with Crippen molar-refractivity contribution in [1.29, 1.82) is 0 Å². The lowest BCUT2D eigenvalue weighted by atomic mass is 10.0. The number of carbonyl (C=O) groups is 3. The number of halogens is 1. The van der Waals surface area contributed by atoms with Crippen LogP contribution in [0.2, 0.25) is 5.02 Å². The van der Waals surface area contributed by atoms with Crippen LogP contribution in [0, 0.1) is 5.92 Å². The van der Waals surface area contributed by atoms with Crippen LogP contribution in [0.1, 0.15) is 10.4 Å². The summed E-state index contributed by atoms with van der Waals surface area (Å²) in [6.45, 7) is 0.0458. The molecule has 6 nitrogen and oxygen atoms in total. The van der Waals surface area contributed by atoms with Gasteiger partial charge in [0.05, 0.1) is 0 Å². The van der Waals surface area contributed by atoms with Crippen molar-refractivity contribution < 1.29 is 23.9 Å². The number of hydrogen-bond acceptors (Lipinski definition) is 5. The summed E-state index contributed by atoms with van der Waals surface area (Å²) in [7, 11) is 0. The first-order chi connectivity index (χ1) is 10.0. The number of cyclic esters (lactones) is 1. The summed E-state index contributed by atoms with van der Waals surface area (Å²) in [4.78, 5) is 35.3. The van der Waals surface area contributed by atoms with Gasteiger partial charge in [-0.05, 0) is 30.3 Å². The fourth-order valence-corrected chi connectivity index (χ4v) is 2.26. The molecule has 0 saturated carbocycles. The maximum Gasteiger partial charge on any atom is 0.354 e. The van der Waals surface area contributed by atoms with E-state index in [-0.39, 0.29) is 12.3 Å². The van der Waals surface area contributed by atoms with Gasteiger partial charge in [0.15, 0.2) is 6.10 Å². The average Bonchev–Trinajstić information content (AvgIpc) is 2.81. The summed E-state index contributed by atoms with van der Waals surface area (Å²) < 4.78 is 9.87. The molecule has 0 aromatic heterocycles. The average molecular weight is 308 g/mol. The lowest BCUT2D eigenvalue weighted by Crippen LogP contribution is -2.38. The van der Waals surface area contributed by atoms with Crippen LogP contribution in [-0.4, -0.2) is 30.6 Å². The third kappa shape index (κ3) is 2.62. The highest BCUT2D eigenvalue weighted by Gasteiger charge is 2.42. The van der Waals surface area contributed by atoms with Gasteiger partial charge >= 0.3 is 11.9 Å². The number of nitrogens with one attached hydrogen (secondary N) is 1. The summed E-state index contributed by atoms with van der Waals surface area (Å²) in [5.41, 5.74) is 0.277. The van der Waals surface area contributed by atoms with Crippen molar-refractivity contribution in [3.8, 4) is 0 Å². The quantitative estimate of drug-likeness (QED) is 0.826. The zero-order chi connectivity index (χ0) is 15.0. The molecule has 0 bridgehead atoms. The van der Waals surface area contributed by atoms with Crippen molar-refractivity contribution in [3.05, 3.63) is 46.6 Å². The SMILES string of the molecule is O=C1O[C@@H]2COC(=O)[C@@H]2C=C1NC(=O)c1ccc(Cl)cc1. The van der Waals surface area contributed by atoms with Crippen molar-refractivity contribution in [3.63, 3.8) is 0 Å². The molecule has 3 rings (SSSR count). The normalized spacial score (nSPS) is 23.8. The predicted molar refractivity (Wildman–Crippen MR) is 71.3 cm³/mol. The maximum absolute atomic E-state index is 12.0. The van der Waals surface area contributed by atoms with E-state index in [1.165, 1.54) is 18.2 Å². The summed E-state index contributed by atoms with van der Waals surface area (Å²) >= 11 is 5.74. The Balaban J connectivity index is 1.78. The standard InChI is InChI=1S/C14H10ClNO5/c15-8-3-1-7(2-4-8)12(17)16-10-5-9-11(21-14(10)19)6-20-13(9)18/h1-5,9,11H,6H2,(H,16,17)/t9-,11-/m1/s1. The second-order valence-electron chi connectivity index (χ2n) is 4.64. The van der Waals surface area contributed by atoms with E-state index in [2.05, 4.69) is 5.32 Å². The molecule has 1 N–H and O–H groups in total. The highest BCUT2D eigenvalue weighted by Crippen LogP contribution is 2.26. The molecule has 1 fully saturated rings. The molecule has 1 amide bonds. The summed E-state index contributed by atoms with van der Waals surface area (Å²) in [6, 6.07) is 6.18. The predicted octanol–water partition coefficient (Wildman–Crippen LogP) is 1.05. The minimum absolute atomic E-state index is 0.0458. The van der Waals surface area contributed by atoms with Gasteiger partial charge in [-0.1, -0.05) is 11.6 Å². The van der Waals surface area contributed by atoms with Gasteiger partial charge in [-0.2, -0.15) is 0 Å². The lowest BCUT2D eigenvalue weighted by molar-refractivity contribution is -0.147. The maximum atomic E-state index is 12.0. The molecule has 108 valence electrons. The molecule has 2 aliphatic rings. The van der Waals surface area contributed by atoms with E-state index in [4.69, 9.17) is 21.1 Å². The molecule has 2 atom stereocenters. The van der Waals surface area contributed by atoms with Crippen LogP contribution in [0.15, 0.2) is 36.0 Å². The minimum atomic E-state index is -0.683. The first kappa shape index (κ1) is 13.6. The molecule has 0 aliphatic carbocycles. The summed E-state index contributed by atoms with van der Waals surface area (Å²) in [6.07, 6.45) is 0.765. The van der Waals surface area contributed by atoms with Gasteiger partial charge in [0, 0.05) is 10.6 Å². The van der Waals surface area contributed by atoms with Gasteiger partial charge in [-0.15, -0.1) is 0 Å². The van der Waals surface area contributed by atoms with Gasteiger partial charge in [0.2, 0.25) is 0 Å². The molecule has 1 saturated heterocycles. The fraction of sp³-hybridized carbons (Fsp3) is 0.214. The van der Waals surface area contributed by atoms with Crippen LogP contribution in [0.25, 0.3) is 0 Å². The Kier molecular flexibility index (Phi) is 3.39. The second-order valence-corrected chi connectivity index (χ2v) is 5.08. The Morgan fingerprint density at radius 1 is 1.24 bits per heavy atom. The van der Waals surface area contributed by atoms with Crippen molar-refractivity contribution in [2.45, 2.75) is 6.10 Å². The van der Waals surface area contributed by atoms with Gasteiger partial charge in [0.25, 0.3) is 5.91 Å². The van der Waals surface area contributed by atoms with E-state index in [1.54, 1.807) is 12.1 Å². The Bertz CT molecular complexity index is 652. The van der Waals surface area contributed by atoms with Crippen molar-refractivity contribution in [2.75, 3.05) is 6.61 Å². The fourth-order valence-electron chi connectivity index (χ4n) is 2.14. The molecule has 1 aromatic carbocycles. The zero-order valence-corrected chi connectivity index (χ0v) is 11.4. The van der Waals surface area contributed by atoms with E-state index in [0.29, 0.717) is 10.6 Å². The van der Waals surface area contributed by atoms with E-state index in [9.17, 15) is 14.4 Å². The van der Waals surface area contributed by atoms with Crippen molar-refractivity contribution in [1.82, 2.24) is 5.32 Å². The second kappa shape index (κ2) is 5.21. The van der Waals surface area contributed by atoms with E-state index >= 15 is 0 Å². The highest BCUT2D eigenvalue weighted by molar-refractivity contribution is 6.30. The van der Waals surface area contributed by atoms with Crippen LogP contribution >= 0.6 is 11.6 Å². The minimum Gasteiger partial charge on any atom is -0.461 e. The molecule has 0 spiro atoms. The van der Waals surface area contributed by atoms with Crippen molar-refractivity contribution >= 4 is 29.4 Å². The van der Waals surface area contributed by atoms with Crippen LogP contribution in [0.4, 0.5) is 0 Å². The summed E-state index contributed by atoms with van der Waals surface area (Å²) in [5.74, 6) is -2.30. The smallest absolute Gasteiger partial charge is 0.354 e. The number of fused-ring (bicyclic) bond motifs is 1. The molecule has 2 aliphatic heterocycles. The molecule has 0 unspecified atom stereocenters. The van der Waals surface area contributed by atoms with Gasteiger partial charge in [0.1, 0.15) is 18.2 Å². The van der Waals surface area contributed by atoms with Gasteiger partial charge in [-0.25, -0.2) is 4.79 Å². The number of carbonyl (C=O) groups excluding carboxylic acids is 3. The first-order valence-electron chi connectivity index (χ1n) is 6.21. The topological polar surface area (TPSA) is 81.7 Å². The first-order valence-corrected chi connectivity index (χ1v) is 6.59. The zero-order valence-electron chi connectivity index (χ0n) is 10.7. The van der Waals surface area contributed by atoms with Gasteiger partial charge < -0.3 is 14.8 Å². The number of benzene rings is 1. The molecule has 21 heavy (non-hydrogen) atoms. The molecule has 1 aromatic rings. The summed E-state index contributed by atoms with van der Waals surface area (Å²) in [5, 5.41) is 2.93. The Labute approximate surface area is 124 Å². The number of hydrogen-bond donors (Lipinski definition) is 1. The largest absolute Gasteiger partial charge is 0.461 e. The molecular weight excluding hydrogens is 298 g/mol. The van der Waals surface area contributed by atoms with Crippen LogP contribution in [0.5, 0.6) is 0 Å². The highest BCUT2D eigenvalue weighted by atomic mass is 35.5. The molecule has 0 radical (unpaired) electrons. The monoisotopic (exact) mass is 307 g/mol. The number of esters is 2. The number of amides is 1. The molecular formula is C14H10ClNO5. The van der Waals surface area contributed by atoms with Gasteiger partial charge in [-0.3, -0.25) is 9.59 Å². The lowest BCUT2D eigenvalue weighted by Gasteiger charge is -2.21. The Hall–Kier alpha value is -2.34.